The number of nitriles is 1. The van der Waals surface area contributed by atoms with E-state index in [0.717, 1.165) is 29.8 Å². The molecule has 0 aliphatic carbocycles. The van der Waals surface area contributed by atoms with Gasteiger partial charge in [-0.3, -0.25) is 4.98 Å². The number of pyridine rings is 1. The standard InChI is InChI=1S/C15H15N5/c1-10-5-12-9-20(4-3-14(12)17-8-10)15-11(2)6-13(7-16)18-19-15/h5-6,8H,3-4,9H2,1-2H3/i1D3. The van der Waals surface area contributed by atoms with E-state index in [1.807, 2.05) is 17.9 Å². The molecule has 1 aliphatic rings. The number of anilines is 1. The number of rotatable bonds is 1. The van der Waals surface area contributed by atoms with Gasteiger partial charge < -0.3 is 4.90 Å². The normalized spacial score (nSPS) is 16.6. The van der Waals surface area contributed by atoms with Crippen LogP contribution in [-0.2, 0) is 13.0 Å². The first-order valence-corrected chi connectivity index (χ1v) is 6.36. The van der Waals surface area contributed by atoms with E-state index >= 15 is 0 Å². The predicted octanol–water partition coefficient (Wildman–Crippen LogP) is 1.92. The second kappa shape index (κ2) is 4.89. The minimum Gasteiger partial charge on any atom is -0.350 e. The molecule has 20 heavy (non-hydrogen) atoms. The van der Waals surface area contributed by atoms with Gasteiger partial charge in [0.1, 0.15) is 6.07 Å². The van der Waals surface area contributed by atoms with E-state index in [4.69, 9.17) is 9.37 Å². The minimum absolute atomic E-state index is 0.251. The summed E-state index contributed by atoms with van der Waals surface area (Å²) in [6, 6.07) is 5.38. The molecule has 5 heteroatoms. The summed E-state index contributed by atoms with van der Waals surface area (Å²) in [7, 11) is 0. The van der Waals surface area contributed by atoms with Crippen LogP contribution in [0.5, 0.6) is 0 Å². The van der Waals surface area contributed by atoms with Crippen molar-refractivity contribution < 1.29 is 4.11 Å². The van der Waals surface area contributed by atoms with Crippen LogP contribution in [0.1, 0.15) is 32.2 Å². The third-order valence-electron chi connectivity index (χ3n) is 3.41. The summed E-state index contributed by atoms with van der Waals surface area (Å²) in [6.45, 7) is 0.994. The number of hydrogen-bond donors (Lipinski definition) is 0. The molecule has 0 radical (unpaired) electrons. The summed E-state index contributed by atoms with van der Waals surface area (Å²) in [4.78, 5) is 6.34. The maximum atomic E-state index is 8.87. The summed E-state index contributed by atoms with van der Waals surface area (Å²) in [6.07, 6.45) is 2.16. The fourth-order valence-electron chi connectivity index (χ4n) is 2.45. The Hall–Kier alpha value is -2.48. The average molecular weight is 268 g/mol. The van der Waals surface area contributed by atoms with Crippen molar-refractivity contribution in [3.05, 3.63) is 46.4 Å². The van der Waals surface area contributed by atoms with E-state index in [0.29, 0.717) is 12.4 Å². The molecule has 0 bridgehead atoms. The molecule has 0 atom stereocenters. The van der Waals surface area contributed by atoms with Crippen molar-refractivity contribution in [3.63, 3.8) is 0 Å². The van der Waals surface area contributed by atoms with Crippen molar-refractivity contribution in [1.29, 1.82) is 5.26 Å². The monoisotopic (exact) mass is 268 g/mol. The molecule has 3 heterocycles. The van der Waals surface area contributed by atoms with Crippen LogP contribution < -0.4 is 4.90 Å². The maximum absolute atomic E-state index is 8.87. The number of nitrogens with zero attached hydrogens (tertiary/aromatic N) is 5. The van der Waals surface area contributed by atoms with Gasteiger partial charge in [0.2, 0.25) is 0 Å². The lowest BCUT2D eigenvalue weighted by atomic mass is 10.0. The van der Waals surface area contributed by atoms with Crippen LogP contribution in [-0.4, -0.2) is 21.7 Å². The van der Waals surface area contributed by atoms with Crippen molar-refractivity contribution in [2.45, 2.75) is 26.7 Å². The molecule has 0 unspecified atom stereocenters. The van der Waals surface area contributed by atoms with Crippen LogP contribution in [0.25, 0.3) is 0 Å². The lowest BCUT2D eigenvalue weighted by Gasteiger charge is -2.29. The van der Waals surface area contributed by atoms with Gasteiger partial charge in [-0.2, -0.15) is 5.26 Å². The number of fused-ring (bicyclic) bond motifs is 1. The van der Waals surface area contributed by atoms with E-state index in [1.54, 1.807) is 12.1 Å². The molecule has 0 fully saturated rings. The summed E-state index contributed by atoms with van der Waals surface area (Å²) in [5.41, 5.74) is 3.24. The molecule has 100 valence electrons. The third-order valence-corrected chi connectivity index (χ3v) is 3.41. The molecule has 0 spiro atoms. The maximum Gasteiger partial charge on any atom is 0.163 e. The van der Waals surface area contributed by atoms with Gasteiger partial charge in [0.05, 0.1) is 0 Å². The van der Waals surface area contributed by atoms with E-state index in [2.05, 4.69) is 15.2 Å². The van der Waals surface area contributed by atoms with Gasteiger partial charge in [0, 0.05) is 35.5 Å². The smallest absolute Gasteiger partial charge is 0.163 e. The van der Waals surface area contributed by atoms with E-state index < -0.39 is 6.85 Å². The topological polar surface area (TPSA) is 65.7 Å². The first kappa shape index (κ1) is 9.43. The average Bonchev–Trinajstić information content (AvgIpc) is 2.52. The fourth-order valence-corrected chi connectivity index (χ4v) is 2.45. The lowest BCUT2D eigenvalue weighted by Crippen LogP contribution is -2.32. The number of aromatic nitrogens is 3. The molecule has 0 aromatic carbocycles. The summed E-state index contributed by atoms with van der Waals surface area (Å²) >= 11 is 0. The van der Waals surface area contributed by atoms with Crippen LogP contribution in [0.15, 0.2) is 18.3 Å². The van der Waals surface area contributed by atoms with Crippen LogP contribution in [0.3, 0.4) is 0 Å². The highest BCUT2D eigenvalue weighted by atomic mass is 15.3. The second-order valence-electron chi connectivity index (χ2n) is 4.85. The molecule has 2 aromatic heterocycles. The Bertz CT molecular complexity index is 795. The van der Waals surface area contributed by atoms with Gasteiger partial charge in [0.15, 0.2) is 11.5 Å². The fraction of sp³-hybridized carbons (Fsp3) is 0.333. The molecule has 2 aromatic rings. The van der Waals surface area contributed by atoms with Gasteiger partial charge in [-0.15, -0.1) is 10.2 Å². The molecule has 0 saturated carbocycles. The van der Waals surface area contributed by atoms with Gasteiger partial charge in [-0.05, 0) is 36.5 Å². The highest BCUT2D eigenvalue weighted by Crippen LogP contribution is 2.24. The summed E-state index contributed by atoms with van der Waals surface area (Å²) in [5.74, 6) is 0.717. The Labute approximate surface area is 122 Å². The summed E-state index contributed by atoms with van der Waals surface area (Å²) in [5, 5.41) is 16.9. The Morgan fingerprint density at radius 1 is 1.40 bits per heavy atom. The van der Waals surface area contributed by atoms with Crippen molar-refractivity contribution in [2.75, 3.05) is 11.4 Å². The molecule has 0 amide bonds. The molecule has 0 N–H and O–H groups in total. The van der Waals surface area contributed by atoms with E-state index in [-0.39, 0.29) is 11.3 Å². The number of hydrogen-bond acceptors (Lipinski definition) is 5. The quantitative estimate of drug-likeness (QED) is 0.790. The minimum atomic E-state index is -2.16. The molecule has 1 aliphatic heterocycles. The van der Waals surface area contributed by atoms with E-state index in [1.165, 1.54) is 6.20 Å². The zero-order valence-corrected chi connectivity index (χ0v) is 11.1. The van der Waals surface area contributed by atoms with Crippen molar-refractivity contribution in [2.24, 2.45) is 0 Å². The predicted molar refractivity (Wildman–Crippen MR) is 75.2 cm³/mol. The van der Waals surface area contributed by atoms with Crippen LogP contribution in [0.4, 0.5) is 5.82 Å². The second-order valence-corrected chi connectivity index (χ2v) is 4.85. The first-order chi connectivity index (χ1) is 10.9. The van der Waals surface area contributed by atoms with Gasteiger partial charge >= 0.3 is 0 Å². The van der Waals surface area contributed by atoms with E-state index in [9.17, 15) is 0 Å². The van der Waals surface area contributed by atoms with Gasteiger partial charge in [-0.1, -0.05) is 6.07 Å². The molecular weight excluding hydrogens is 250 g/mol. The zero-order chi connectivity index (χ0) is 16.6. The highest BCUT2D eigenvalue weighted by Gasteiger charge is 2.20. The Morgan fingerprint density at radius 3 is 3.05 bits per heavy atom. The van der Waals surface area contributed by atoms with Crippen molar-refractivity contribution >= 4 is 5.82 Å². The van der Waals surface area contributed by atoms with Crippen molar-refractivity contribution in [3.8, 4) is 6.07 Å². The largest absolute Gasteiger partial charge is 0.350 e. The molecule has 0 saturated heterocycles. The molecule has 3 rings (SSSR count). The van der Waals surface area contributed by atoms with Crippen LogP contribution in [0.2, 0.25) is 0 Å². The van der Waals surface area contributed by atoms with Crippen LogP contribution in [0, 0.1) is 25.1 Å². The SMILES string of the molecule is [2H]C([2H])([2H])c1cnc2c(c1)CN(c1nnc(C#N)cc1C)CC2. The Balaban J connectivity index is 1.92. The molecule has 5 nitrogen and oxygen atoms in total. The zero-order valence-electron chi connectivity index (χ0n) is 14.1. The highest BCUT2D eigenvalue weighted by molar-refractivity contribution is 5.49. The molecular formula is C15H15N5. The Kier molecular flexibility index (Phi) is 2.31. The van der Waals surface area contributed by atoms with Gasteiger partial charge in [-0.25, -0.2) is 0 Å². The van der Waals surface area contributed by atoms with Crippen molar-refractivity contribution in [1.82, 2.24) is 15.2 Å². The Morgan fingerprint density at radius 2 is 2.30 bits per heavy atom. The van der Waals surface area contributed by atoms with Crippen LogP contribution >= 0.6 is 0 Å². The first-order valence-electron chi connectivity index (χ1n) is 7.86. The third kappa shape index (κ3) is 2.21. The lowest BCUT2D eigenvalue weighted by molar-refractivity contribution is 0.691. The summed E-state index contributed by atoms with van der Waals surface area (Å²) < 4.78 is 22.5. The number of aryl methyl sites for hydroxylation is 2. The van der Waals surface area contributed by atoms with Gasteiger partial charge in [0.25, 0.3) is 0 Å².